The van der Waals surface area contributed by atoms with Crippen LogP contribution in [0.2, 0.25) is 5.02 Å². The van der Waals surface area contributed by atoms with Crippen molar-refractivity contribution in [1.29, 1.82) is 0 Å². The molecule has 8 heteroatoms. The first-order chi connectivity index (χ1) is 16.7. The van der Waals surface area contributed by atoms with Crippen LogP contribution in [0, 0.1) is 30.1 Å². The van der Waals surface area contributed by atoms with E-state index in [1.807, 2.05) is 31.6 Å². The fraction of sp³-hybridized carbons (Fsp3) is 0.519. The van der Waals surface area contributed by atoms with Crippen molar-refractivity contribution >= 4 is 45.0 Å². The molecule has 35 heavy (non-hydrogen) atoms. The van der Waals surface area contributed by atoms with E-state index in [1.165, 1.54) is 28.9 Å². The highest BCUT2D eigenvalue weighted by molar-refractivity contribution is 7.19. The van der Waals surface area contributed by atoms with Gasteiger partial charge in [-0.2, -0.15) is 5.10 Å². The van der Waals surface area contributed by atoms with Crippen LogP contribution < -0.4 is 5.32 Å². The van der Waals surface area contributed by atoms with Crippen LogP contribution in [0.1, 0.15) is 42.7 Å². The van der Waals surface area contributed by atoms with Crippen LogP contribution in [0.3, 0.4) is 0 Å². The Morgan fingerprint density at radius 2 is 1.83 bits per heavy atom. The highest BCUT2D eigenvalue weighted by Crippen LogP contribution is 2.63. The quantitative estimate of drug-likeness (QED) is 0.493. The first kappa shape index (κ1) is 23.2. The molecule has 3 fully saturated rings. The zero-order valence-electron chi connectivity index (χ0n) is 20.7. The summed E-state index contributed by atoms with van der Waals surface area (Å²) in [4.78, 5) is 28.2. The molecule has 3 aromatic rings. The Labute approximate surface area is 214 Å². The fourth-order valence-electron chi connectivity index (χ4n) is 6.35. The maximum Gasteiger partial charge on any atom is 0.234 e. The number of nitrogens with one attached hydrogen (secondary N) is 1. The lowest BCUT2D eigenvalue weighted by Gasteiger charge is -2.25. The molecule has 2 saturated heterocycles. The topological polar surface area (TPSA) is 67.2 Å². The molecule has 3 aliphatic rings. The number of carbonyl (C=O) groups excluding carboxylic acids is 2. The Balaban J connectivity index is 1.35. The molecule has 1 saturated carbocycles. The summed E-state index contributed by atoms with van der Waals surface area (Å²) < 4.78 is 3.03. The smallest absolute Gasteiger partial charge is 0.234 e. The normalized spacial score (nSPS) is 24.0. The summed E-state index contributed by atoms with van der Waals surface area (Å²) in [6.45, 7) is 8.66. The largest absolute Gasteiger partial charge is 0.317 e. The van der Waals surface area contributed by atoms with Gasteiger partial charge in [-0.15, -0.1) is 11.3 Å². The van der Waals surface area contributed by atoms with E-state index in [9.17, 15) is 9.59 Å². The molecule has 1 aromatic carbocycles. The number of halogens is 1. The molecular formula is C27H31ClN4O2S. The molecule has 0 spiro atoms. The summed E-state index contributed by atoms with van der Waals surface area (Å²) >= 11 is 8.19. The molecule has 2 aliphatic heterocycles. The predicted octanol–water partition coefficient (Wildman–Crippen LogP) is 4.95. The van der Waals surface area contributed by atoms with Crippen molar-refractivity contribution in [2.45, 2.75) is 46.6 Å². The molecule has 6 rings (SSSR count). The lowest BCUT2D eigenvalue weighted by molar-refractivity contribution is -0.143. The van der Waals surface area contributed by atoms with Crippen molar-refractivity contribution in [3.8, 4) is 11.3 Å². The van der Waals surface area contributed by atoms with Gasteiger partial charge in [0.15, 0.2) is 0 Å². The Morgan fingerprint density at radius 3 is 2.51 bits per heavy atom. The molecule has 2 amide bonds. The molecule has 1 aliphatic carbocycles. The number of rotatable bonds is 5. The molecule has 2 aromatic heterocycles. The van der Waals surface area contributed by atoms with Crippen LogP contribution in [0.15, 0.2) is 18.2 Å². The number of thiophene rings is 1. The van der Waals surface area contributed by atoms with Crippen LogP contribution in [0.4, 0.5) is 0 Å². The molecule has 4 heterocycles. The Hall–Kier alpha value is -2.22. The van der Waals surface area contributed by atoms with E-state index >= 15 is 0 Å². The third-order valence-corrected chi connectivity index (χ3v) is 9.74. The number of carbonyl (C=O) groups is 2. The number of nitrogens with zero attached hydrogens (tertiary/aromatic N) is 3. The number of likely N-dealkylation sites (tertiary alicyclic amines) is 1. The lowest BCUT2D eigenvalue weighted by atomic mass is 9.86. The number of amides is 2. The van der Waals surface area contributed by atoms with Gasteiger partial charge in [0.25, 0.3) is 0 Å². The summed E-state index contributed by atoms with van der Waals surface area (Å²) in [5.74, 6) is 0.317. The number of piperidine rings is 2. The number of aromatic nitrogens is 2. The Kier molecular flexibility index (Phi) is 5.40. The van der Waals surface area contributed by atoms with Crippen LogP contribution in [0.5, 0.6) is 0 Å². The van der Waals surface area contributed by atoms with Crippen molar-refractivity contribution < 1.29 is 9.59 Å². The molecule has 0 bridgehead atoms. The van der Waals surface area contributed by atoms with E-state index in [1.54, 1.807) is 11.3 Å². The van der Waals surface area contributed by atoms with Gasteiger partial charge in [0.1, 0.15) is 5.52 Å². The zero-order chi connectivity index (χ0) is 24.6. The summed E-state index contributed by atoms with van der Waals surface area (Å²) in [5, 5.41) is 8.99. The van der Waals surface area contributed by atoms with E-state index in [2.05, 4.69) is 24.4 Å². The average molecular weight is 511 g/mol. The monoisotopic (exact) mass is 510 g/mol. The van der Waals surface area contributed by atoms with Gasteiger partial charge in [-0.1, -0.05) is 25.4 Å². The van der Waals surface area contributed by atoms with Crippen LogP contribution in [0.25, 0.3) is 21.5 Å². The second-order valence-corrected chi connectivity index (χ2v) is 12.7. The van der Waals surface area contributed by atoms with Gasteiger partial charge in [0.2, 0.25) is 11.8 Å². The Bertz CT molecular complexity index is 1340. The van der Waals surface area contributed by atoms with E-state index in [0.29, 0.717) is 12.5 Å². The van der Waals surface area contributed by atoms with E-state index in [-0.39, 0.29) is 29.1 Å². The van der Waals surface area contributed by atoms with E-state index in [0.717, 1.165) is 50.9 Å². The van der Waals surface area contributed by atoms with Crippen molar-refractivity contribution in [2.75, 3.05) is 13.1 Å². The van der Waals surface area contributed by atoms with Crippen molar-refractivity contribution in [2.24, 2.45) is 30.2 Å². The molecular weight excluding hydrogens is 480 g/mol. The average Bonchev–Trinajstić information content (AvgIpc) is 3.04. The predicted molar refractivity (Wildman–Crippen MR) is 139 cm³/mol. The molecule has 2 atom stereocenters. The van der Waals surface area contributed by atoms with Gasteiger partial charge in [-0.25, -0.2) is 0 Å². The highest BCUT2D eigenvalue weighted by Gasteiger charge is 2.72. The van der Waals surface area contributed by atoms with Crippen LogP contribution >= 0.6 is 22.9 Å². The summed E-state index contributed by atoms with van der Waals surface area (Å²) in [6, 6.07) is 6.17. The number of hydrogen-bond acceptors (Lipinski definition) is 5. The van der Waals surface area contributed by atoms with Gasteiger partial charge < -0.3 is 5.32 Å². The number of aryl methyl sites for hydroxylation is 2. The van der Waals surface area contributed by atoms with Crippen molar-refractivity contribution in [3.63, 3.8) is 0 Å². The molecule has 2 unspecified atom stereocenters. The molecule has 184 valence electrons. The minimum atomic E-state index is -0.184. The number of imide groups is 1. The summed E-state index contributed by atoms with van der Waals surface area (Å²) in [5.41, 5.74) is 5.48. The maximum atomic E-state index is 12.9. The molecule has 1 N–H and O–H groups in total. The third-order valence-electron chi connectivity index (χ3n) is 8.41. The third kappa shape index (κ3) is 3.66. The minimum absolute atomic E-state index is 0.0217. The van der Waals surface area contributed by atoms with E-state index < -0.39 is 0 Å². The first-order valence-corrected chi connectivity index (χ1v) is 13.7. The van der Waals surface area contributed by atoms with Gasteiger partial charge >= 0.3 is 0 Å². The SMILES string of the molecule is Cc1cc(Cl)cc(-c2c3sc(CN4C(=O)C5C(C4=O)C5(C)C)cc3nn2C)c1CC1CCNCC1. The zero-order valence-corrected chi connectivity index (χ0v) is 22.2. The summed E-state index contributed by atoms with van der Waals surface area (Å²) in [6.07, 6.45) is 3.39. The second-order valence-electron chi connectivity index (χ2n) is 11.1. The molecule has 0 radical (unpaired) electrons. The lowest BCUT2D eigenvalue weighted by Crippen LogP contribution is -2.35. The number of hydrogen-bond donors (Lipinski definition) is 1. The van der Waals surface area contributed by atoms with Crippen LogP contribution in [-0.2, 0) is 29.6 Å². The second kappa shape index (κ2) is 8.15. The highest BCUT2D eigenvalue weighted by atomic mass is 35.5. The van der Waals surface area contributed by atoms with E-state index in [4.69, 9.17) is 16.7 Å². The van der Waals surface area contributed by atoms with Gasteiger partial charge in [-0.05, 0) is 79.9 Å². The standard InChI is InChI=1S/C27H31ClN4O2S/c1-14-9-16(28)11-19(18(14)10-15-5-7-29-8-6-15)23-24-20(30-31(23)4)12-17(35-24)13-32-25(33)21-22(26(32)34)27(21,2)3/h9,11-12,15,21-22,29H,5-8,10,13H2,1-4H3. The van der Waals surface area contributed by atoms with Gasteiger partial charge in [-0.3, -0.25) is 19.2 Å². The summed E-state index contributed by atoms with van der Waals surface area (Å²) in [7, 11) is 1.98. The van der Waals surface area contributed by atoms with Gasteiger partial charge in [0, 0.05) is 22.5 Å². The van der Waals surface area contributed by atoms with Crippen LogP contribution in [-0.4, -0.2) is 39.6 Å². The first-order valence-electron chi connectivity index (χ1n) is 12.5. The number of fused-ring (bicyclic) bond motifs is 2. The maximum absolute atomic E-state index is 12.9. The number of benzene rings is 1. The Morgan fingerprint density at radius 1 is 1.14 bits per heavy atom. The minimum Gasteiger partial charge on any atom is -0.317 e. The molecule has 6 nitrogen and oxygen atoms in total. The van der Waals surface area contributed by atoms with Crippen molar-refractivity contribution in [3.05, 3.63) is 39.2 Å². The fourth-order valence-corrected chi connectivity index (χ4v) is 7.80. The van der Waals surface area contributed by atoms with Crippen molar-refractivity contribution in [1.82, 2.24) is 20.0 Å². The van der Waals surface area contributed by atoms with Gasteiger partial charge in [0.05, 0.1) is 28.8 Å².